The van der Waals surface area contributed by atoms with E-state index in [1.807, 2.05) is 33.8 Å². The molecule has 17 heavy (non-hydrogen) atoms. The summed E-state index contributed by atoms with van der Waals surface area (Å²) in [7, 11) is 1.36. The largest absolute Gasteiger partial charge is 0.465 e. The molecule has 0 radical (unpaired) electrons. The zero-order valence-electron chi connectivity index (χ0n) is 11.2. The van der Waals surface area contributed by atoms with Crippen molar-refractivity contribution in [2.24, 2.45) is 5.73 Å². The fourth-order valence-corrected chi connectivity index (χ4v) is 1.27. The molecule has 0 saturated heterocycles. The molecule has 0 aliphatic rings. The lowest BCUT2D eigenvalue weighted by atomic mass is 10.1. The highest BCUT2D eigenvalue weighted by Gasteiger charge is 2.08. The highest BCUT2D eigenvalue weighted by molar-refractivity contribution is 5.90. The lowest BCUT2D eigenvalue weighted by Crippen LogP contribution is -2.25. The molecule has 0 aromatic heterocycles. The van der Waals surface area contributed by atoms with Gasteiger partial charge in [0.25, 0.3) is 0 Å². The molecule has 0 bridgehead atoms. The van der Waals surface area contributed by atoms with E-state index >= 15 is 0 Å². The number of hydrogen-bond donors (Lipinski definition) is 2. The Morgan fingerprint density at radius 2 is 2.00 bits per heavy atom. The number of anilines is 1. The van der Waals surface area contributed by atoms with Crippen molar-refractivity contribution in [3.8, 4) is 0 Å². The molecule has 0 heterocycles. The van der Waals surface area contributed by atoms with Crippen molar-refractivity contribution in [1.82, 2.24) is 0 Å². The van der Waals surface area contributed by atoms with Gasteiger partial charge in [-0.1, -0.05) is 19.9 Å². The third-order valence-electron chi connectivity index (χ3n) is 2.04. The Morgan fingerprint density at radius 3 is 2.47 bits per heavy atom. The lowest BCUT2D eigenvalue weighted by Gasteiger charge is -2.13. The van der Waals surface area contributed by atoms with Crippen LogP contribution in [0.15, 0.2) is 18.2 Å². The van der Waals surface area contributed by atoms with Crippen molar-refractivity contribution < 1.29 is 9.53 Å². The molecule has 3 N–H and O–H groups in total. The van der Waals surface area contributed by atoms with E-state index in [0.29, 0.717) is 5.56 Å². The molecule has 0 spiro atoms. The van der Waals surface area contributed by atoms with Gasteiger partial charge in [-0.05, 0) is 31.5 Å². The zero-order chi connectivity index (χ0) is 13.4. The van der Waals surface area contributed by atoms with Crippen LogP contribution in [-0.2, 0) is 4.74 Å². The van der Waals surface area contributed by atoms with Gasteiger partial charge < -0.3 is 15.8 Å². The summed E-state index contributed by atoms with van der Waals surface area (Å²) in [4.78, 5) is 11.3. The predicted octanol–water partition coefficient (Wildman–Crippen LogP) is 2.52. The number of ether oxygens (including phenoxy) is 1. The average Bonchev–Trinajstić information content (AvgIpc) is 2.33. The summed E-state index contributed by atoms with van der Waals surface area (Å²) >= 11 is 0. The van der Waals surface area contributed by atoms with Crippen LogP contribution in [0.25, 0.3) is 0 Å². The first-order valence-electron chi connectivity index (χ1n) is 5.75. The maximum atomic E-state index is 11.3. The Labute approximate surface area is 103 Å². The van der Waals surface area contributed by atoms with Crippen molar-refractivity contribution in [2.45, 2.75) is 33.9 Å². The molecule has 96 valence electrons. The number of carbonyl (C=O) groups is 1. The monoisotopic (exact) mass is 238 g/mol. The maximum absolute atomic E-state index is 11.3. The Bertz CT molecular complexity index is 362. The molecule has 0 saturated carbocycles. The minimum absolute atomic E-state index is 0.156. The molecule has 1 rings (SSSR count). The summed E-state index contributed by atoms with van der Waals surface area (Å²) in [5, 5.41) is 3.06. The number of methoxy groups -OCH3 is 1. The summed E-state index contributed by atoms with van der Waals surface area (Å²) in [5.41, 5.74) is 8.04. The molecule has 1 atom stereocenters. The second kappa shape index (κ2) is 7.68. The molecule has 0 aliphatic carbocycles. The zero-order valence-corrected chi connectivity index (χ0v) is 11.2. The third-order valence-corrected chi connectivity index (χ3v) is 2.04. The topological polar surface area (TPSA) is 64.3 Å². The van der Waals surface area contributed by atoms with Crippen molar-refractivity contribution in [1.29, 1.82) is 0 Å². The second-order valence-corrected chi connectivity index (χ2v) is 3.45. The average molecular weight is 238 g/mol. The van der Waals surface area contributed by atoms with Crippen LogP contribution >= 0.6 is 0 Å². The van der Waals surface area contributed by atoms with Crippen LogP contribution < -0.4 is 11.1 Å². The number of rotatable bonds is 3. The quantitative estimate of drug-likeness (QED) is 0.627. The summed E-state index contributed by atoms with van der Waals surface area (Å²) < 4.78 is 4.64. The summed E-state index contributed by atoms with van der Waals surface area (Å²) in [5.74, 6) is -0.345. The van der Waals surface area contributed by atoms with Gasteiger partial charge in [0.2, 0.25) is 0 Å². The van der Waals surface area contributed by atoms with E-state index in [2.05, 4.69) is 10.1 Å². The first-order chi connectivity index (χ1) is 8.04. The lowest BCUT2D eigenvalue weighted by molar-refractivity contribution is 0.0601. The Morgan fingerprint density at radius 1 is 1.41 bits per heavy atom. The van der Waals surface area contributed by atoms with Crippen molar-refractivity contribution in [3.63, 3.8) is 0 Å². The molecule has 0 aliphatic heterocycles. The molecule has 4 nitrogen and oxygen atoms in total. The van der Waals surface area contributed by atoms with Crippen LogP contribution in [0.5, 0.6) is 0 Å². The van der Waals surface area contributed by atoms with Crippen molar-refractivity contribution in [3.05, 3.63) is 29.3 Å². The van der Waals surface area contributed by atoms with Gasteiger partial charge in [-0.3, -0.25) is 0 Å². The van der Waals surface area contributed by atoms with Gasteiger partial charge in [0.1, 0.15) is 0 Å². The first-order valence-corrected chi connectivity index (χ1v) is 5.75. The van der Waals surface area contributed by atoms with Gasteiger partial charge >= 0.3 is 5.97 Å². The van der Waals surface area contributed by atoms with Crippen LogP contribution in [0.1, 0.15) is 36.7 Å². The van der Waals surface area contributed by atoms with E-state index < -0.39 is 0 Å². The highest BCUT2D eigenvalue weighted by Crippen LogP contribution is 2.17. The minimum atomic E-state index is -0.345. The fraction of sp³-hybridized carbons (Fsp3) is 0.462. The van der Waals surface area contributed by atoms with Crippen LogP contribution in [0.4, 0.5) is 5.69 Å². The molecule has 4 heteroatoms. The van der Waals surface area contributed by atoms with Crippen molar-refractivity contribution >= 4 is 11.7 Å². The third kappa shape index (κ3) is 4.87. The predicted molar refractivity (Wildman–Crippen MR) is 71.1 cm³/mol. The summed E-state index contributed by atoms with van der Waals surface area (Å²) in [6.45, 7) is 7.79. The Kier molecular flexibility index (Phi) is 6.98. The van der Waals surface area contributed by atoms with Crippen LogP contribution in [0.3, 0.4) is 0 Å². The number of aryl methyl sites for hydroxylation is 1. The SMILES string of the molecule is CC.COC(=O)c1ccc(C)c(NC(C)N)c1. The normalized spacial score (nSPS) is 10.9. The number of esters is 1. The van der Waals surface area contributed by atoms with E-state index in [-0.39, 0.29) is 12.1 Å². The second-order valence-electron chi connectivity index (χ2n) is 3.45. The van der Waals surface area contributed by atoms with E-state index in [4.69, 9.17) is 5.73 Å². The Hall–Kier alpha value is -1.55. The van der Waals surface area contributed by atoms with Gasteiger partial charge in [-0.25, -0.2) is 4.79 Å². The highest BCUT2D eigenvalue weighted by atomic mass is 16.5. The number of nitrogens with one attached hydrogen (secondary N) is 1. The summed E-state index contributed by atoms with van der Waals surface area (Å²) in [6, 6.07) is 5.33. The van der Waals surface area contributed by atoms with Gasteiger partial charge in [0.05, 0.1) is 18.8 Å². The smallest absolute Gasteiger partial charge is 0.337 e. The molecular weight excluding hydrogens is 216 g/mol. The molecular formula is C13H22N2O2. The molecule has 0 fully saturated rings. The van der Waals surface area contributed by atoms with Gasteiger partial charge in [0, 0.05) is 5.69 Å². The van der Waals surface area contributed by atoms with Gasteiger partial charge in [-0.15, -0.1) is 0 Å². The number of carbonyl (C=O) groups excluding carboxylic acids is 1. The number of hydrogen-bond acceptors (Lipinski definition) is 4. The van der Waals surface area contributed by atoms with E-state index in [9.17, 15) is 4.79 Å². The Balaban J connectivity index is 0.00000121. The van der Waals surface area contributed by atoms with Gasteiger partial charge in [0.15, 0.2) is 0 Å². The van der Waals surface area contributed by atoms with Crippen LogP contribution in [0.2, 0.25) is 0 Å². The van der Waals surface area contributed by atoms with E-state index in [0.717, 1.165) is 11.3 Å². The maximum Gasteiger partial charge on any atom is 0.337 e. The molecule has 1 aromatic rings. The molecule has 1 unspecified atom stereocenters. The standard InChI is InChI=1S/C11H16N2O2.C2H6/c1-7-4-5-9(11(14)15-3)6-10(7)13-8(2)12;1-2/h4-6,8,13H,12H2,1-3H3;1-2H3. The van der Waals surface area contributed by atoms with Crippen LogP contribution in [-0.4, -0.2) is 19.2 Å². The van der Waals surface area contributed by atoms with E-state index in [1.165, 1.54) is 7.11 Å². The van der Waals surface area contributed by atoms with E-state index in [1.54, 1.807) is 12.1 Å². The van der Waals surface area contributed by atoms with Crippen molar-refractivity contribution in [2.75, 3.05) is 12.4 Å². The minimum Gasteiger partial charge on any atom is -0.465 e. The fourth-order valence-electron chi connectivity index (χ4n) is 1.27. The van der Waals surface area contributed by atoms with Crippen LogP contribution in [0, 0.1) is 6.92 Å². The first kappa shape index (κ1) is 15.4. The number of nitrogens with two attached hydrogens (primary N) is 1. The summed E-state index contributed by atoms with van der Waals surface area (Å²) in [6.07, 6.45) is -0.156. The molecule has 0 amide bonds. The number of benzene rings is 1. The molecule has 1 aromatic carbocycles. The van der Waals surface area contributed by atoms with Gasteiger partial charge in [-0.2, -0.15) is 0 Å².